The third-order valence-corrected chi connectivity index (χ3v) is 3.28. The molecule has 2 rings (SSSR count). The van der Waals surface area contributed by atoms with Crippen LogP contribution >= 0.6 is 22.6 Å². The van der Waals surface area contributed by atoms with Gasteiger partial charge in [0.2, 0.25) is 0 Å². The first kappa shape index (κ1) is 10.3. The summed E-state index contributed by atoms with van der Waals surface area (Å²) in [4.78, 5) is 0. The van der Waals surface area contributed by atoms with Gasteiger partial charge in [-0.1, -0.05) is 6.07 Å². The molecular weight excluding hydrogens is 304 g/mol. The van der Waals surface area contributed by atoms with E-state index in [9.17, 15) is 13.2 Å². The highest BCUT2D eigenvalue weighted by Crippen LogP contribution is 2.47. The minimum atomic E-state index is -4.21. The minimum Gasteiger partial charge on any atom is -0.166 e. The van der Waals surface area contributed by atoms with E-state index in [0.717, 1.165) is 16.4 Å². The number of hydrogen-bond donors (Lipinski definition) is 0. The molecule has 1 fully saturated rings. The molecule has 1 aliphatic rings. The van der Waals surface area contributed by atoms with Crippen LogP contribution in [0.3, 0.4) is 0 Å². The van der Waals surface area contributed by atoms with E-state index in [1.165, 1.54) is 12.1 Å². The van der Waals surface area contributed by atoms with Crippen molar-refractivity contribution in [1.82, 2.24) is 0 Å². The first-order valence-electron chi connectivity index (χ1n) is 4.36. The maximum atomic E-state index is 12.6. The number of benzene rings is 1. The summed E-state index contributed by atoms with van der Waals surface area (Å²) >= 11 is 1.98. The van der Waals surface area contributed by atoms with Crippen LogP contribution in [0.2, 0.25) is 0 Å². The second-order valence-electron chi connectivity index (χ2n) is 3.47. The lowest BCUT2D eigenvalue weighted by atomic mass is 10.0. The van der Waals surface area contributed by atoms with Gasteiger partial charge in [-0.2, -0.15) is 13.2 Å². The zero-order valence-corrected chi connectivity index (χ0v) is 9.39. The van der Waals surface area contributed by atoms with E-state index >= 15 is 0 Å². The Kier molecular flexibility index (Phi) is 2.49. The molecule has 4 heteroatoms. The summed E-state index contributed by atoms with van der Waals surface area (Å²) < 4.78 is 38.6. The van der Waals surface area contributed by atoms with Gasteiger partial charge in [0.1, 0.15) is 0 Å². The SMILES string of the molecule is FC(F)(F)c1cccc(I)c1C1CC1. The first-order chi connectivity index (χ1) is 6.50. The van der Waals surface area contributed by atoms with Crippen molar-refractivity contribution < 1.29 is 13.2 Å². The third kappa shape index (κ3) is 1.89. The average molecular weight is 312 g/mol. The lowest BCUT2D eigenvalue weighted by molar-refractivity contribution is -0.138. The van der Waals surface area contributed by atoms with Gasteiger partial charge in [0, 0.05) is 3.57 Å². The number of halogens is 4. The van der Waals surface area contributed by atoms with Gasteiger partial charge in [-0.05, 0) is 59.0 Å². The number of alkyl halides is 3. The molecule has 0 radical (unpaired) electrons. The smallest absolute Gasteiger partial charge is 0.166 e. The van der Waals surface area contributed by atoms with Crippen molar-refractivity contribution in [2.75, 3.05) is 0 Å². The predicted octanol–water partition coefficient (Wildman–Crippen LogP) is 4.19. The van der Waals surface area contributed by atoms with Crippen LogP contribution < -0.4 is 0 Å². The molecule has 0 atom stereocenters. The summed E-state index contributed by atoms with van der Waals surface area (Å²) in [5.41, 5.74) is 0.0486. The Bertz CT molecular complexity index is 353. The van der Waals surface area contributed by atoms with Gasteiger partial charge in [0.15, 0.2) is 0 Å². The lowest BCUT2D eigenvalue weighted by Gasteiger charge is -2.13. The molecule has 1 aromatic rings. The fraction of sp³-hybridized carbons (Fsp3) is 0.400. The molecule has 1 aromatic carbocycles. The van der Waals surface area contributed by atoms with Gasteiger partial charge < -0.3 is 0 Å². The minimum absolute atomic E-state index is 0.139. The van der Waals surface area contributed by atoms with Crippen molar-refractivity contribution in [1.29, 1.82) is 0 Å². The zero-order chi connectivity index (χ0) is 10.3. The van der Waals surface area contributed by atoms with Crippen molar-refractivity contribution in [3.63, 3.8) is 0 Å². The molecule has 0 heterocycles. The van der Waals surface area contributed by atoms with Crippen LogP contribution in [0.25, 0.3) is 0 Å². The maximum Gasteiger partial charge on any atom is 0.416 e. The first-order valence-corrected chi connectivity index (χ1v) is 5.43. The normalized spacial score (nSPS) is 17.1. The Labute approximate surface area is 93.6 Å². The van der Waals surface area contributed by atoms with Crippen LogP contribution in [0.1, 0.15) is 29.9 Å². The number of rotatable bonds is 1. The fourth-order valence-electron chi connectivity index (χ4n) is 1.57. The molecule has 0 bridgehead atoms. The average Bonchev–Trinajstić information content (AvgIpc) is 2.85. The quantitative estimate of drug-likeness (QED) is 0.682. The highest BCUT2D eigenvalue weighted by atomic mass is 127. The van der Waals surface area contributed by atoms with Crippen LogP contribution in [0.5, 0.6) is 0 Å². The largest absolute Gasteiger partial charge is 0.416 e. The molecule has 76 valence electrons. The summed E-state index contributed by atoms with van der Waals surface area (Å²) in [6, 6.07) is 4.38. The van der Waals surface area contributed by atoms with E-state index in [1.807, 2.05) is 22.6 Å². The van der Waals surface area contributed by atoms with Crippen molar-refractivity contribution in [2.45, 2.75) is 24.9 Å². The van der Waals surface area contributed by atoms with Gasteiger partial charge in [0.05, 0.1) is 5.56 Å². The van der Waals surface area contributed by atoms with Gasteiger partial charge in [-0.15, -0.1) is 0 Å². The van der Waals surface area contributed by atoms with Gasteiger partial charge in [-0.25, -0.2) is 0 Å². The van der Waals surface area contributed by atoms with Crippen LogP contribution in [0.15, 0.2) is 18.2 Å². The maximum absolute atomic E-state index is 12.6. The summed E-state index contributed by atoms with van der Waals surface area (Å²) in [5, 5.41) is 0. The molecule has 0 nitrogen and oxygen atoms in total. The Hall–Kier alpha value is -0.260. The second kappa shape index (κ2) is 3.40. The summed E-state index contributed by atoms with van der Waals surface area (Å²) in [6.45, 7) is 0. The second-order valence-corrected chi connectivity index (χ2v) is 4.64. The van der Waals surface area contributed by atoms with E-state index in [2.05, 4.69) is 0 Å². The van der Waals surface area contributed by atoms with Crippen molar-refractivity contribution in [3.8, 4) is 0 Å². The van der Waals surface area contributed by atoms with Crippen molar-refractivity contribution >= 4 is 22.6 Å². The van der Waals surface area contributed by atoms with E-state index in [4.69, 9.17) is 0 Å². The molecule has 14 heavy (non-hydrogen) atoms. The van der Waals surface area contributed by atoms with Crippen LogP contribution in [-0.2, 0) is 6.18 Å². The molecule has 0 amide bonds. The molecule has 0 N–H and O–H groups in total. The van der Waals surface area contributed by atoms with Crippen molar-refractivity contribution in [2.24, 2.45) is 0 Å². The Balaban J connectivity index is 2.53. The summed E-state index contributed by atoms with van der Waals surface area (Å²) in [7, 11) is 0. The van der Waals surface area contributed by atoms with E-state index in [1.54, 1.807) is 6.07 Å². The standard InChI is InChI=1S/C10H8F3I/c11-10(12,13)7-2-1-3-8(14)9(7)6-4-5-6/h1-3,6H,4-5H2. The van der Waals surface area contributed by atoms with Gasteiger partial charge in [0.25, 0.3) is 0 Å². The third-order valence-electron chi connectivity index (χ3n) is 2.34. The van der Waals surface area contributed by atoms with E-state index in [0.29, 0.717) is 5.56 Å². The van der Waals surface area contributed by atoms with E-state index in [-0.39, 0.29) is 5.92 Å². The van der Waals surface area contributed by atoms with E-state index < -0.39 is 11.7 Å². The molecule has 0 aliphatic heterocycles. The molecule has 0 saturated heterocycles. The molecule has 0 spiro atoms. The van der Waals surface area contributed by atoms with Crippen LogP contribution in [0.4, 0.5) is 13.2 Å². The summed E-state index contributed by atoms with van der Waals surface area (Å²) in [6.07, 6.45) is -2.43. The van der Waals surface area contributed by atoms with Crippen molar-refractivity contribution in [3.05, 3.63) is 32.9 Å². The molecular formula is C10H8F3I. The lowest BCUT2D eigenvalue weighted by Crippen LogP contribution is -2.09. The Morgan fingerprint density at radius 3 is 2.36 bits per heavy atom. The van der Waals surface area contributed by atoms with Crippen LogP contribution in [-0.4, -0.2) is 0 Å². The number of hydrogen-bond acceptors (Lipinski definition) is 0. The van der Waals surface area contributed by atoms with Gasteiger partial charge >= 0.3 is 6.18 Å². The highest BCUT2D eigenvalue weighted by Gasteiger charge is 2.38. The monoisotopic (exact) mass is 312 g/mol. The van der Waals surface area contributed by atoms with Crippen LogP contribution in [0, 0.1) is 3.57 Å². The molecule has 1 aliphatic carbocycles. The fourth-order valence-corrected chi connectivity index (χ4v) is 2.51. The summed E-state index contributed by atoms with van der Waals surface area (Å²) in [5.74, 6) is 0.139. The predicted molar refractivity (Wildman–Crippen MR) is 56.1 cm³/mol. The zero-order valence-electron chi connectivity index (χ0n) is 7.24. The topological polar surface area (TPSA) is 0 Å². The molecule has 1 saturated carbocycles. The molecule has 0 unspecified atom stereocenters. The van der Waals surface area contributed by atoms with Gasteiger partial charge in [-0.3, -0.25) is 0 Å². The molecule has 0 aromatic heterocycles. The highest BCUT2D eigenvalue weighted by molar-refractivity contribution is 14.1. The Morgan fingerprint density at radius 2 is 1.86 bits per heavy atom. The Morgan fingerprint density at radius 1 is 1.21 bits per heavy atom.